The van der Waals surface area contributed by atoms with Crippen molar-refractivity contribution in [2.75, 3.05) is 20.1 Å². The van der Waals surface area contributed by atoms with Crippen LogP contribution in [0.1, 0.15) is 35.2 Å². The number of hydrogen-bond donors (Lipinski definition) is 2. The van der Waals surface area contributed by atoms with Crippen molar-refractivity contribution in [1.29, 1.82) is 0 Å². The van der Waals surface area contributed by atoms with Crippen LogP contribution in [0.3, 0.4) is 0 Å². The molecule has 0 aromatic heterocycles. The van der Waals surface area contributed by atoms with Crippen molar-refractivity contribution in [2.24, 2.45) is 0 Å². The van der Waals surface area contributed by atoms with Crippen molar-refractivity contribution in [3.05, 3.63) is 29.3 Å². The summed E-state index contributed by atoms with van der Waals surface area (Å²) in [6.45, 7) is 3.42. The molecule has 1 amide bonds. The summed E-state index contributed by atoms with van der Waals surface area (Å²) in [5.41, 5.74) is 1.28. The largest absolute Gasteiger partial charge is 0.508 e. The van der Waals surface area contributed by atoms with E-state index in [0.717, 1.165) is 25.9 Å². The minimum atomic E-state index is 0.0355. The highest BCUT2D eigenvalue weighted by molar-refractivity contribution is 5.96. The van der Waals surface area contributed by atoms with Crippen molar-refractivity contribution >= 4 is 5.91 Å². The molecule has 4 heteroatoms. The number of likely N-dealkylation sites (tertiary alicyclic amines) is 1. The molecule has 4 nitrogen and oxygen atoms in total. The number of amides is 1. The minimum absolute atomic E-state index is 0.0355. The van der Waals surface area contributed by atoms with Crippen LogP contribution in [0.5, 0.6) is 5.75 Å². The van der Waals surface area contributed by atoms with E-state index >= 15 is 0 Å². The van der Waals surface area contributed by atoms with E-state index in [0.29, 0.717) is 11.1 Å². The van der Waals surface area contributed by atoms with Crippen LogP contribution in [0.25, 0.3) is 0 Å². The highest BCUT2D eigenvalue weighted by Crippen LogP contribution is 2.24. The second kappa shape index (κ2) is 6.06. The van der Waals surface area contributed by atoms with Gasteiger partial charge in [0, 0.05) is 30.3 Å². The first-order chi connectivity index (χ1) is 9.15. The molecule has 1 unspecified atom stereocenters. The second-order valence-corrected chi connectivity index (χ2v) is 5.16. The molecule has 1 saturated heterocycles. The lowest BCUT2D eigenvalue weighted by molar-refractivity contribution is 0.0614. The van der Waals surface area contributed by atoms with E-state index in [2.05, 4.69) is 5.32 Å². The molecule has 1 aromatic carbocycles. The first kappa shape index (κ1) is 13.9. The standard InChI is InChI=1S/C15H22N2O2/c1-11-13(7-5-8-14(11)18)15(19)17-9-4-3-6-12(17)10-16-2/h5,7-8,12,16,18H,3-4,6,9-10H2,1-2H3. The topological polar surface area (TPSA) is 52.6 Å². The van der Waals surface area contributed by atoms with Gasteiger partial charge in [0.2, 0.25) is 0 Å². The van der Waals surface area contributed by atoms with Gasteiger partial charge in [0.05, 0.1) is 0 Å². The van der Waals surface area contributed by atoms with Gasteiger partial charge in [-0.2, -0.15) is 0 Å². The molecular weight excluding hydrogens is 240 g/mol. The number of nitrogens with one attached hydrogen (secondary N) is 1. The third-order valence-corrected chi connectivity index (χ3v) is 3.86. The van der Waals surface area contributed by atoms with Crippen LogP contribution in [0.2, 0.25) is 0 Å². The van der Waals surface area contributed by atoms with E-state index < -0.39 is 0 Å². The molecule has 1 aliphatic rings. The predicted octanol–water partition coefficient (Wildman–Crippen LogP) is 1.91. The number of carbonyl (C=O) groups excluding carboxylic acids is 1. The van der Waals surface area contributed by atoms with E-state index in [9.17, 15) is 9.90 Å². The Kier molecular flexibility index (Phi) is 4.43. The second-order valence-electron chi connectivity index (χ2n) is 5.16. The van der Waals surface area contributed by atoms with Crippen LogP contribution >= 0.6 is 0 Å². The zero-order chi connectivity index (χ0) is 13.8. The Morgan fingerprint density at radius 3 is 3.00 bits per heavy atom. The number of hydrogen-bond acceptors (Lipinski definition) is 3. The van der Waals surface area contributed by atoms with Gasteiger partial charge >= 0.3 is 0 Å². The lowest BCUT2D eigenvalue weighted by Gasteiger charge is -2.36. The molecule has 104 valence electrons. The molecule has 1 atom stereocenters. The summed E-state index contributed by atoms with van der Waals surface area (Å²) in [4.78, 5) is 14.6. The molecule has 2 N–H and O–H groups in total. The SMILES string of the molecule is CNCC1CCCCN1C(=O)c1cccc(O)c1C. The minimum Gasteiger partial charge on any atom is -0.508 e. The first-order valence-electron chi connectivity index (χ1n) is 6.89. The predicted molar refractivity (Wildman–Crippen MR) is 75.4 cm³/mol. The summed E-state index contributed by atoms with van der Waals surface area (Å²) >= 11 is 0. The summed E-state index contributed by atoms with van der Waals surface area (Å²) in [5.74, 6) is 0.223. The van der Waals surface area contributed by atoms with Gasteiger partial charge in [0.25, 0.3) is 5.91 Å². The van der Waals surface area contributed by atoms with E-state index in [-0.39, 0.29) is 17.7 Å². The Bertz CT molecular complexity index is 457. The number of phenols is 1. The number of likely N-dealkylation sites (N-methyl/N-ethyl adjacent to an activating group) is 1. The summed E-state index contributed by atoms with van der Waals surface area (Å²) in [7, 11) is 1.91. The molecule has 0 bridgehead atoms. The molecule has 2 rings (SSSR count). The fourth-order valence-corrected chi connectivity index (χ4v) is 2.73. The van der Waals surface area contributed by atoms with E-state index in [1.165, 1.54) is 6.42 Å². The number of rotatable bonds is 3. The first-order valence-corrected chi connectivity index (χ1v) is 6.89. The molecule has 1 fully saturated rings. The van der Waals surface area contributed by atoms with Gasteiger partial charge in [0.15, 0.2) is 0 Å². The monoisotopic (exact) mass is 262 g/mol. The highest BCUT2D eigenvalue weighted by atomic mass is 16.3. The van der Waals surface area contributed by atoms with Crippen LogP contribution in [0, 0.1) is 6.92 Å². The van der Waals surface area contributed by atoms with E-state index in [4.69, 9.17) is 0 Å². The van der Waals surface area contributed by atoms with Crippen molar-refractivity contribution in [1.82, 2.24) is 10.2 Å². The number of piperidine rings is 1. The van der Waals surface area contributed by atoms with Crippen molar-refractivity contribution in [3.8, 4) is 5.75 Å². The average Bonchev–Trinajstić information content (AvgIpc) is 2.42. The highest BCUT2D eigenvalue weighted by Gasteiger charge is 2.27. The smallest absolute Gasteiger partial charge is 0.254 e. The summed E-state index contributed by atoms with van der Waals surface area (Å²) < 4.78 is 0. The fourth-order valence-electron chi connectivity index (χ4n) is 2.73. The quantitative estimate of drug-likeness (QED) is 0.875. The van der Waals surface area contributed by atoms with Crippen LogP contribution in [-0.4, -0.2) is 42.1 Å². The molecule has 1 aliphatic heterocycles. The zero-order valence-electron chi connectivity index (χ0n) is 11.6. The number of carbonyl (C=O) groups is 1. The van der Waals surface area contributed by atoms with E-state index in [1.807, 2.05) is 11.9 Å². The third kappa shape index (κ3) is 2.89. The summed E-state index contributed by atoms with van der Waals surface area (Å²) in [6.07, 6.45) is 3.28. The van der Waals surface area contributed by atoms with Gasteiger partial charge in [-0.05, 0) is 45.4 Å². The Morgan fingerprint density at radius 1 is 1.47 bits per heavy atom. The molecule has 0 saturated carbocycles. The van der Waals surface area contributed by atoms with Crippen molar-refractivity contribution in [3.63, 3.8) is 0 Å². The lowest BCUT2D eigenvalue weighted by Crippen LogP contribution is -2.48. The van der Waals surface area contributed by atoms with Gasteiger partial charge in [0.1, 0.15) is 5.75 Å². The van der Waals surface area contributed by atoms with Gasteiger partial charge in [-0.15, -0.1) is 0 Å². The molecule has 19 heavy (non-hydrogen) atoms. The lowest BCUT2D eigenvalue weighted by atomic mass is 9.99. The van der Waals surface area contributed by atoms with Crippen LogP contribution in [0.15, 0.2) is 18.2 Å². The Balaban J connectivity index is 2.23. The molecule has 0 aliphatic carbocycles. The van der Waals surface area contributed by atoms with Gasteiger partial charge in [-0.25, -0.2) is 0 Å². The maximum Gasteiger partial charge on any atom is 0.254 e. The molecule has 0 spiro atoms. The third-order valence-electron chi connectivity index (χ3n) is 3.86. The maximum atomic E-state index is 12.6. The average molecular weight is 262 g/mol. The summed E-state index contributed by atoms with van der Waals surface area (Å²) in [5, 5.41) is 12.9. The number of benzene rings is 1. The number of aromatic hydroxyl groups is 1. The van der Waals surface area contributed by atoms with Gasteiger partial charge in [-0.1, -0.05) is 6.07 Å². The van der Waals surface area contributed by atoms with Gasteiger partial charge in [-0.3, -0.25) is 4.79 Å². The molecular formula is C15H22N2O2. The van der Waals surface area contributed by atoms with Crippen LogP contribution in [0.4, 0.5) is 0 Å². The Morgan fingerprint density at radius 2 is 2.26 bits per heavy atom. The molecule has 0 radical (unpaired) electrons. The van der Waals surface area contributed by atoms with Crippen LogP contribution in [-0.2, 0) is 0 Å². The number of nitrogens with zero attached hydrogens (tertiary/aromatic N) is 1. The Labute approximate surface area is 114 Å². The molecule has 1 aromatic rings. The van der Waals surface area contributed by atoms with Crippen molar-refractivity contribution in [2.45, 2.75) is 32.2 Å². The Hall–Kier alpha value is -1.55. The fraction of sp³-hybridized carbons (Fsp3) is 0.533. The molecule has 1 heterocycles. The van der Waals surface area contributed by atoms with E-state index in [1.54, 1.807) is 25.1 Å². The van der Waals surface area contributed by atoms with Gasteiger partial charge < -0.3 is 15.3 Å². The maximum absolute atomic E-state index is 12.6. The van der Waals surface area contributed by atoms with Crippen LogP contribution < -0.4 is 5.32 Å². The zero-order valence-corrected chi connectivity index (χ0v) is 11.6. The summed E-state index contributed by atoms with van der Waals surface area (Å²) in [6, 6.07) is 5.40. The number of phenolic OH excluding ortho intramolecular Hbond substituents is 1. The van der Waals surface area contributed by atoms with Crippen molar-refractivity contribution < 1.29 is 9.90 Å². The normalized spacial score (nSPS) is 19.5.